The summed E-state index contributed by atoms with van der Waals surface area (Å²) in [6.07, 6.45) is 2.10. The van der Waals surface area contributed by atoms with Gasteiger partial charge in [0, 0.05) is 18.3 Å². The number of aryl methyl sites for hydroxylation is 2. The molecular formula is C24H29N3O4. The molecule has 2 amide bonds. The van der Waals surface area contributed by atoms with Crippen LogP contribution in [0.5, 0.6) is 0 Å². The van der Waals surface area contributed by atoms with E-state index in [-0.39, 0.29) is 18.7 Å². The highest BCUT2D eigenvalue weighted by Gasteiger charge is 2.37. The Hall–Kier alpha value is -3.06. The molecule has 0 bridgehead atoms. The van der Waals surface area contributed by atoms with Crippen molar-refractivity contribution in [1.29, 1.82) is 0 Å². The number of esters is 1. The van der Waals surface area contributed by atoms with Crippen molar-refractivity contribution in [3.8, 4) is 0 Å². The highest BCUT2D eigenvalue weighted by atomic mass is 16.5. The Morgan fingerprint density at radius 1 is 1.19 bits per heavy atom. The molecule has 31 heavy (non-hydrogen) atoms. The molecular weight excluding hydrogens is 394 g/mol. The summed E-state index contributed by atoms with van der Waals surface area (Å²) in [6.45, 7) is 7.28. The van der Waals surface area contributed by atoms with Gasteiger partial charge in [-0.1, -0.05) is 29.8 Å². The van der Waals surface area contributed by atoms with E-state index in [9.17, 15) is 9.59 Å². The standard InChI is InChI=1S/C24H29N3O4/c1-4-30-23(28)21-18(25-24(29)26-22(21)20-12-9-16(3)31-20)14-27-13-5-6-19(27)17-10-7-15(2)8-11-17/h7-12,19,22H,4-6,13-14H2,1-3H3,(H2,25,26,29)/t19-,22+/m0/s1. The van der Waals surface area contributed by atoms with Gasteiger partial charge in [0.05, 0.1) is 12.2 Å². The lowest BCUT2D eigenvalue weighted by molar-refractivity contribution is -0.139. The Bertz CT molecular complexity index is 993. The van der Waals surface area contributed by atoms with Crippen molar-refractivity contribution in [2.75, 3.05) is 19.7 Å². The Labute approximate surface area is 182 Å². The highest BCUT2D eigenvalue weighted by molar-refractivity contribution is 5.95. The predicted molar refractivity (Wildman–Crippen MR) is 116 cm³/mol. The molecule has 1 fully saturated rings. The molecule has 164 valence electrons. The maximum absolute atomic E-state index is 12.9. The third-order valence-corrected chi connectivity index (χ3v) is 5.88. The van der Waals surface area contributed by atoms with E-state index < -0.39 is 12.0 Å². The number of nitrogens with one attached hydrogen (secondary N) is 2. The van der Waals surface area contributed by atoms with Crippen LogP contribution in [0.15, 0.2) is 52.1 Å². The second-order valence-electron chi connectivity index (χ2n) is 8.13. The van der Waals surface area contributed by atoms with Crippen molar-refractivity contribution in [3.05, 3.63) is 70.3 Å². The number of nitrogens with zero attached hydrogens (tertiary/aromatic N) is 1. The average Bonchev–Trinajstić information content (AvgIpc) is 3.37. The summed E-state index contributed by atoms with van der Waals surface area (Å²) in [5, 5.41) is 5.68. The maximum atomic E-state index is 12.9. The molecule has 3 heterocycles. The summed E-state index contributed by atoms with van der Waals surface area (Å²) in [6, 6.07) is 11.4. The number of furan rings is 1. The van der Waals surface area contributed by atoms with Gasteiger partial charge in [-0.15, -0.1) is 0 Å². The van der Waals surface area contributed by atoms with Crippen LogP contribution in [0.4, 0.5) is 4.79 Å². The molecule has 7 nitrogen and oxygen atoms in total. The number of ether oxygens (including phenoxy) is 1. The third-order valence-electron chi connectivity index (χ3n) is 5.88. The lowest BCUT2D eigenvalue weighted by atomic mass is 9.99. The first kappa shape index (κ1) is 21.2. The van der Waals surface area contributed by atoms with Crippen LogP contribution in [0, 0.1) is 13.8 Å². The van der Waals surface area contributed by atoms with Crippen LogP contribution < -0.4 is 10.6 Å². The Balaban J connectivity index is 1.68. The van der Waals surface area contributed by atoms with Gasteiger partial charge < -0.3 is 19.8 Å². The third kappa shape index (κ3) is 4.51. The summed E-state index contributed by atoms with van der Waals surface area (Å²) in [5.41, 5.74) is 3.44. The van der Waals surface area contributed by atoms with E-state index in [1.54, 1.807) is 13.0 Å². The lowest BCUT2D eigenvalue weighted by Gasteiger charge is -2.32. The smallest absolute Gasteiger partial charge is 0.338 e. The lowest BCUT2D eigenvalue weighted by Crippen LogP contribution is -2.48. The molecule has 1 aromatic heterocycles. The molecule has 1 aromatic carbocycles. The molecule has 2 atom stereocenters. The van der Waals surface area contributed by atoms with E-state index in [2.05, 4.69) is 46.7 Å². The summed E-state index contributed by atoms with van der Waals surface area (Å²) < 4.78 is 11.1. The average molecular weight is 424 g/mol. The minimum Gasteiger partial charge on any atom is -0.464 e. The van der Waals surface area contributed by atoms with Crippen molar-refractivity contribution in [1.82, 2.24) is 15.5 Å². The number of hydrogen-bond acceptors (Lipinski definition) is 5. The van der Waals surface area contributed by atoms with Crippen LogP contribution in [0.3, 0.4) is 0 Å². The van der Waals surface area contributed by atoms with Crippen LogP contribution in [-0.2, 0) is 9.53 Å². The molecule has 0 unspecified atom stereocenters. The highest BCUT2D eigenvalue weighted by Crippen LogP contribution is 2.35. The first-order chi connectivity index (χ1) is 15.0. The summed E-state index contributed by atoms with van der Waals surface area (Å²) in [7, 11) is 0. The van der Waals surface area contributed by atoms with E-state index in [1.807, 2.05) is 13.0 Å². The van der Waals surface area contributed by atoms with E-state index >= 15 is 0 Å². The van der Waals surface area contributed by atoms with Crippen molar-refractivity contribution in [2.24, 2.45) is 0 Å². The van der Waals surface area contributed by atoms with Crippen LogP contribution >= 0.6 is 0 Å². The fourth-order valence-corrected chi connectivity index (χ4v) is 4.40. The molecule has 2 aliphatic heterocycles. The van der Waals surface area contributed by atoms with Crippen molar-refractivity contribution in [2.45, 2.75) is 45.7 Å². The fraction of sp³-hybridized carbons (Fsp3) is 0.417. The van der Waals surface area contributed by atoms with Crippen LogP contribution in [0.2, 0.25) is 0 Å². The Morgan fingerprint density at radius 3 is 2.65 bits per heavy atom. The molecule has 1 saturated heterocycles. The number of carbonyl (C=O) groups excluding carboxylic acids is 2. The minimum atomic E-state index is -0.683. The summed E-state index contributed by atoms with van der Waals surface area (Å²) >= 11 is 0. The number of likely N-dealkylation sites (tertiary alicyclic amines) is 1. The van der Waals surface area contributed by atoms with Crippen LogP contribution in [-0.4, -0.2) is 36.6 Å². The molecule has 2 aliphatic rings. The zero-order valence-electron chi connectivity index (χ0n) is 18.2. The van der Waals surface area contributed by atoms with Crippen molar-refractivity contribution >= 4 is 12.0 Å². The predicted octanol–water partition coefficient (Wildman–Crippen LogP) is 3.90. The number of amides is 2. The molecule has 0 radical (unpaired) electrons. The first-order valence-corrected chi connectivity index (χ1v) is 10.8. The normalized spacial score (nSPS) is 21.7. The Kier molecular flexibility index (Phi) is 6.13. The van der Waals surface area contributed by atoms with Gasteiger partial charge in [0.15, 0.2) is 0 Å². The van der Waals surface area contributed by atoms with Gasteiger partial charge in [0.2, 0.25) is 0 Å². The molecule has 0 spiro atoms. The van der Waals surface area contributed by atoms with E-state index in [0.717, 1.165) is 19.4 Å². The molecule has 4 rings (SSSR count). The molecule has 0 saturated carbocycles. The fourth-order valence-electron chi connectivity index (χ4n) is 4.40. The van der Waals surface area contributed by atoms with E-state index in [0.29, 0.717) is 29.3 Å². The molecule has 7 heteroatoms. The Morgan fingerprint density at radius 2 is 1.97 bits per heavy atom. The first-order valence-electron chi connectivity index (χ1n) is 10.8. The molecule has 2 aromatic rings. The van der Waals surface area contributed by atoms with E-state index in [1.165, 1.54) is 11.1 Å². The van der Waals surface area contributed by atoms with Gasteiger partial charge in [-0.05, 0) is 57.9 Å². The number of benzene rings is 1. The van der Waals surface area contributed by atoms with Gasteiger partial charge in [-0.2, -0.15) is 0 Å². The second kappa shape index (κ2) is 8.98. The van der Waals surface area contributed by atoms with Crippen LogP contribution in [0.1, 0.15) is 54.5 Å². The second-order valence-corrected chi connectivity index (χ2v) is 8.13. The largest absolute Gasteiger partial charge is 0.464 e. The van der Waals surface area contributed by atoms with Gasteiger partial charge in [-0.3, -0.25) is 4.90 Å². The molecule has 2 N–H and O–H groups in total. The van der Waals surface area contributed by atoms with Gasteiger partial charge in [0.1, 0.15) is 17.6 Å². The van der Waals surface area contributed by atoms with Gasteiger partial charge in [0.25, 0.3) is 0 Å². The van der Waals surface area contributed by atoms with Crippen LogP contribution in [0.25, 0.3) is 0 Å². The zero-order valence-corrected chi connectivity index (χ0v) is 18.2. The number of urea groups is 1. The minimum absolute atomic E-state index is 0.243. The summed E-state index contributed by atoms with van der Waals surface area (Å²) in [4.78, 5) is 27.7. The number of carbonyl (C=O) groups is 2. The monoisotopic (exact) mass is 423 g/mol. The number of hydrogen-bond donors (Lipinski definition) is 2. The van der Waals surface area contributed by atoms with Crippen molar-refractivity contribution in [3.63, 3.8) is 0 Å². The summed E-state index contributed by atoms with van der Waals surface area (Å²) in [5.74, 6) is 0.783. The molecule has 0 aliphatic carbocycles. The topological polar surface area (TPSA) is 83.8 Å². The van der Waals surface area contributed by atoms with Gasteiger partial charge in [-0.25, -0.2) is 9.59 Å². The van der Waals surface area contributed by atoms with Crippen molar-refractivity contribution < 1.29 is 18.7 Å². The number of rotatable bonds is 6. The SMILES string of the molecule is CCOC(=O)C1=C(CN2CCC[C@H]2c2ccc(C)cc2)NC(=O)N[C@@H]1c1ccc(C)o1. The quantitative estimate of drug-likeness (QED) is 0.689. The van der Waals surface area contributed by atoms with Gasteiger partial charge >= 0.3 is 12.0 Å². The maximum Gasteiger partial charge on any atom is 0.338 e. The van der Waals surface area contributed by atoms with E-state index in [4.69, 9.17) is 9.15 Å². The zero-order chi connectivity index (χ0) is 22.0.